The first kappa shape index (κ1) is 15.1. The Morgan fingerprint density at radius 2 is 1.71 bits per heavy atom. The molecule has 0 amide bonds. The Bertz CT molecular complexity index is 639. The third kappa shape index (κ3) is 3.63. The lowest BCUT2D eigenvalue weighted by atomic mass is 9.99. The smallest absolute Gasteiger partial charge is 0.339 e. The van der Waals surface area contributed by atoms with Gasteiger partial charge in [0.15, 0.2) is 0 Å². The van der Waals surface area contributed by atoms with Crippen molar-refractivity contribution in [2.45, 2.75) is 27.2 Å². The van der Waals surface area contributed by atoms with E-state index in [1.54, 1.807) is 12.1 Å². The van der Waals surface area contributed by atoms with Crippen molar-refractivity contribution in [2.24, 2.45) is 0 Å². The maximum Gasteiger partial charge on any atom is 0.339 e. The zero-order chi connectivity index (χ0) is 15.4. The zero-order valence-corrected chi connectivity index (χ0v) is 12.6. The van der Waals surface area contributed by atoms with Crippen LogP contribution in [0.4, 0.5) is 0 Å². The van der Waals surface area contributed by atoms with Crippen LogP contribution in [0.3, 0.4) is 0 Å². The number of carboxylic acid groups (broad SMARTS) is 1. The molecule has 0 unspecified atom stereocenters. The van der Waals surface area contributed by atoms with E-state index >= 15 is 0 Å². The Morgan fingerprint density at radius 3 is 2.29 bits per heavy atom. The van der Waals surface area contributed by atoms with E-state index in [2.05, 4.69) is 18.2 Å². The van der Waals surface area contributed by atoms with E-state index in [0.29, 0.717) is 12.4 Å². The van der Waals surface area contributed by atoms with Gasteiger partial charge < -0.3 is 9.84 Å². The number of carbonyl (C=O) groups is 1. The summed E-state index contributed by atoms with van der Waals surface area (Å²) in [6, 6.07) is 11.5. The molecule has 3 heteroatoms. The highest BCUT2D eigenvalue weighted by atomic mass is 16.5. The van der Waals surface area contributed by atoms with Gasteiger partial charge in [-0.05, 0) is 43.5 Å². The maximum absolute atomic E-state index is 11.4. The second kappa shape index (κ2) is 6.44. The van der Waals surface area contributed by atoms with Gasteiger partial charge in [-0.1, -0.05) is 42.3 Å². The van der Waals surface area contributed by atoms with Crippen LogP contribution >= 0.6 is 0 Å². The molecule has 0 saturated carbocycles. The first-order valence-electron chi connectivity index (χ1n) is 7.10. The molecule has 0 saturated heterocycles. The predicted molar refractivity (Wildman–Crippen MR) is 84.1 cm³/mol. The van der Waals surface area contributed by atoms with Crippen molar-refractivity contribution in [1.82, 2.24) is 0 Å². The van der Waals surface area contributed by atoms with E-state index in [-0.39, 0.29) is 5.56 Å². The molecule has 0 spiro atoms. The largest absolute Gasteiger partial charge is 0.493 e. The molecule has 0 fully saturated rings. The summed E-state index contributed by atoms with van der Waals surface area (Å²) in [6.45, 7) is 6.58. The van der Waals surface area contributed by atoms with Gasteiger partial charge in [0.1, 0.15) is 11.3 Å². The van der Waals surface area contributed by atoms with Crippen molar-refractivity contribution in [3.8, 4) is 16.9 Å². The minimum atomic E-state index is -0.965. The molecule has 110 valence electrons. The van der Waals surface area contributed by atoms with E-state index < -0.39 is 5.97 Å². The van der Waals surface area contributed by atoms with Gasteiger partial charge in [-0.2, -0.15) is 0 Å². The number of rotatable bonds is 5. The highest BCUT2D eigenvalue weighted by Gasteiger charge is 2.13. The highest BCUT2D eigenvalue weighted by molar-refractivity contribution is 5.92. The normalized spacial score (nSPS) is 10.4. The van der Waals surface area contributed by atoms with Crippen LogP contribution in [0.15, 0.2) is 36.4 Å². The summed E-state index contributed by atoms with van der Waals surface area (Å²) in [6.07, 6.45) is 0.845. The van der Waals surface area contributed by atoms with Gasteiger partial charge in [0, 0.05) is 0 Å². The number of benzene rings is 2. The molecule has 2 rings (SSSR count). The number of carboxylic acids is 1. The van der Waals surface area contributed by atoms with Gasteiger partial charge in [0.25, 0.3) is 0 Å². The number of hydrogen-bond acceptors (Lipinski definition) is 2. The summed E-state index contributed by atoms with van der Waals surface area (Å²) in [5.41, 5.74) is 4.45. The molecule has 0 radical (unpaired) electrons. The lowest BCUT2D eigenvalue weighted by molar-refractivity contribution is 0.0692. The Kier molecular flexibility index (Phi) is 4.63. The summed E-state index contributed by atoms with van der Waals surface area (Å²) in [5, 5.41) is 9.37. The molecule has 21 heavy (non-hydrogen) atoms. The van der Waals surface area contributed by atoms with E-state index in [0.717, 1.165) is 28.7 Å². The van der Waals surface area contributed by atoms with E-state index in [4.69, 9.17) is 4.74 Å². The topological polar surface area (TPSA) is 46.5 Å². The summed E-state index contributed by atoms with van der Waals surface area (Å²) >= 11 is 0. The molecule has 0 atom stereocenters. The van der Waals surface area contributed by atoms with Crippen LogP contribution in [-0.4, -0.2) is 17.7 Å². The number of ether oxygens (including phenoxy) is 1. The molecule has 0 heterocycles. The summed E-state index contributed by atoms with van der Waals surface area (Å²) < 4.78 is 5.51. The lowest BCUT2D eigenvalue weighted by Crippen LogP contribution is -2.04. The molecule has 0 aliphatic rings. The first-order valence-corrected chi connectivity index (χ1v) is 7.10. The van der Waals surface area contributed by atoms with Gasteiger partial charge >= 0.3 is 5.97 Å². The van der Waals surface area contributed by atoms with Crippen molar-refractivity contribution >= 4 is 5.97 Å². The van der Waals surface area contributed by atoms with E-state index in [1.165, 1.54) is 0 Å². The van der Waals surface area contributed by atoms with Crippen LogP contribution in [-0.2, 0) is 0 Å². The van der Waals surface area contributed by atoms with Crippen molar-refractivity contribution in [3.05, 3.63) is 53.1 Å². The van der Waals surface area contributed by atoms with Crippen molar-refractivity contribution in [2.75, 3.05) is 6.61 Å². The number of hydrogen-bond donors (Lipinski definition) is 1. The quantitative estimate of drug-likeness (QED) is 0.881. The fourth-order valence-corrected chi connectivity index (χ4v) is 2.36. The van der Waals surface area contributed by atoms with E-state index in [9.17, 15) is 9.90 Å². The summed E-state index contributed by atoms with van der Waals surface area (Å²) in [5.74, 6) is -0.537. The number of aromatic carboxylic acids is 1. The molecule has 1 N–H and O–H groups in total. The first-order chi connectivity index (χ1) is 10.0. The van der Waals surface area contributed by atoms with Crippen molar-refractivity contribution in [1.29, 1.82) is 0 Å². The van der Waals surface area contributed by atoms with Crippen molar-refractivity contribution < 1.29 is 14.6 Å². The SMILES string of the molecule is CCCOc1ccc(-c2cc(C)cc(C)c2)cc1C(=O)O. The van der Waals surface area contributed by atoms with E-state index in [1.807, 2.05) is 26.8 Å². The third-order valence-corrected chi connectivity index (χ3v) is 3.23. The minimum absolute atomic E-state index is 0.208. The van der Waals surface area contributed by atoms with Crippen LogP contribution < -0.4 is 4.74 Å². The van der Waals surface area contributed by atoms with Crippen LogP contribution in [0.5, 0.6) is 5.75 Å². The van der Waals surface area contributed by atoms with Crippen LogP contribution in [0.25, 0.3) is 11.1 Å². The monoisotopic (exact) mass is 284 g/mol. The maximum atomic E-state index is 11.4. The van der Waals surface area contributed by atoms with Crippen molar-refractivity contribution in [3.63, 3.8) is 0 Å². The number of aryl methyl sites for hydroxylation is 2. The molecule has 0 aromatic heterocycles. The van der Waals surface area contributed by atoms with Crippen LogP contribution in [0, 0.1) is 13.8 Å². The van der Waals surface area contributed by atoms with Gasteiger partial charge in [-0.3, -0.25) is 0 Å². The molecule has 2 aromatic carbocycles. The lowest BCUT2D eigenvalue weighted by Gasteiger charge is -2.11. The third-order valence-electron chi connectivity index (χ3n) is 3.23. The van der Waals surface area contributed by atoms with Crippen LogP contribution in [0.1, 0.15) is 34.8 Å². The minimum Gasteiger partial charge on any atom is -0.493 e. The molecular formula is C18H20O3. The fourth-order valence-electron chi connectivity index (χ4n) is 2.36. The summed E-state index contributed by atoms with van der Waals surface area (Å²) in [7, 11) is 0. The Balaban J connectivity index is 2.46. The Hall–Kier alpha value is -2.29. The molecule has 0 bridgehead atoms. The molecule has 3 nitrogen and oxygen atoms in total. The second-order valence-electron chi connectivity index (χ2n) is 5.24. The molecule has 0 aliphatic carbocycles. The average Bonchev–Trinajstić information content (AvgIpc) is 2.43. The van der Waals surface area contributed by atoms with Gasteiger partial charge in [-0.15, -0.1) is 0 Å². The van der Waals surface area contributed by atoms with Gasteiger partial charge in [0.05, 0.1) is 6.61 Å². The highest BCUT2D eigenvalue weighted by Crippen LogP contribution is 2.28. The van der Waals surface area contributed by atoms with Gasteiger partial charge in [-0.25, -0.2) is 4.79 Å². The van der Waals surface area contributed by atoms with Gasteiger partial charge in [0.2, 0.25) is 0 Å². The summed E-state index contributed by atoms with van der Waals surface area (Å²) in [4.78, 5) is 11.4. The van der Waals surface area contributed by atoms with Crippen LogP contribution in [0.2, 0.25) is 0 Å². The molecule has 0 aliphatic heterocycles. The molecule has 2 aromatic rings. The average molecular weight is 284 g/mol. The standard InChI is InChI=1S/C18H20O3/c1-4-7-21-17-6-5-14(11-16(17)18(19)20)15-9-12(2)8-13(3)10-15/h5-6,8-11H,4,7H2,1-3H3,(H,19,20). The fraction of sp³-hybridized carbons (Fsp3) is 0.278. The second-order valence-corrected chi connectivity index (χ2v) is 5.24. The zero-order valence-electron chi connectivity index (χ0n) is 12.6. The molecular weight excluding hydrogens is 264 g/mol. The predicted octanol–water partition coefficient (Wildman–Crippen LogP) is 4.46. The Morgan fingerprint density at radius 1 is 1.05 bits per heavy atom. The Labute approximate surface area is 125 Å².